The van der Waals surface area contributed by atoms with E-state index in [-0.39, 0.29) is 12.1 Å². The van der Waals surface area contributed by atoms with E-state index in [1.807, 2.05) is 31.1 Å². The lowest BCUT2D eigenvalue weighted by Gasteiger charge is -2.34. The molecule has 0 spiro atoms. The summed E-state index contributed by atoms with van der Waals surface area (Å²) >= 11 is 1.68. The molecule has 1 fully saturated rings. The van der Waals surface area contributed by atoms with Gasteiger partial charge in [-0.25, -0.2) is 4.79 Å². The molecule has 2 aromatic rings. The van der Waals surface area contributed by atoms with Crippen LogP contribution in [0.15, 0.2) is 29.8 Å². The van der Waals surface area contributed by atoms with Gasteiger partial charge in [-0.2, -0.15) is 0 Å². The Morgan fingerprint density at radius 3 is 3.08 bits per heavy atom. The van der Waals surface area contributed by atoms with Crippen LogP contribution in [0.4, 0.5) is 10.5 Å². The second-order valence-electron chi connectivity index (χ2n) is 6.48. The second kappa shape index (κ2) is 7.95. The number of amides is 2. The van der Waals surface area contributed by atoms with E-state index < -0.39 is 0 Å². The van der Waals surface area contributed by atoms with Crippen LogP contribution in [0.1, 0.15) is 4.88 Å². The number of hydrogen-bond acceptors (Lipinski definition) is 5. The third-order valence-electron chi connectivity index (χ3n) is 4.05. The maximum absolute atomic E-state index is 12.7. The number of thiophene rings is 1. The van der Waals surface area contributed by atoms with Gasteiger partial charge in [-0.15, -0.1) is 11.3 Å². The summed E-state index contributed by atoms with van der Waals surface area (Å²) in [7, 11) is 4.01. The number of hydrogen-bond donors (Lipinski definition) is 1. The van der Waals surface area contributed by atoms with E-state index in [0.29, 0.717) is 19.7 Å². The van der Waals surface area contributed by atoms with Crippen molar-refractivity contribution >= 4 is 23.1 Å². The van der Waals surface area contributed by atoms with Gasteiger partial charge in [0.15, 0.2) is 0 Å². The maximum Gasteiger partial charge on any atom is 0.322 e. The van der Waals surface area contributed by atoms with Gasteiger partial charge in [0.1, 0.15) is 0 Å². The SMILES string of the molecule is Cc1cc(-c2ncccc2NC(=O)N2CCOC(CN(C)C)C2)cs1. The Morgan fingerprint density at radius 2 is 2.36 bits per heavy atom. The van der Waals surface area contributed by atoms with Gasteiger partial charge in [-0.3, -0.25) is 4.98 Å². The number of rotatable bonds is 4. The smallest absolute Gasteiger partial charge is 0.322 e. The fourth-order valence-corrected chi connectivity index (χ4v) is 3.61. The van der Waals surface area contributed by atoms with Crippen molar-refractivity contribution in [3.8, 4) is 11.3 Å². The Hall–Kier alpha value is -1.96. The van der Waals surface area contributed by atoms with Crippen LogP contribution in [0.25, 0.3) is 11.3 Å². The molecule has 7 heteroatoms. The number of nitrogens with zero attached hydrogens (tertiary/aromatic N) is 3. The third kappa shape index (κ3) is 4.56. The van der Waals surface area contributed by atoms with Gasteiger partial charge in [0.25, 0.3) is 0 Å². The Bertz CT molecular complexity index is 731. The van der Waals surface area contributed by atoms with Gasteiger partial charge in [0.05, 0.1) is 24.1 Å². The average molecular weight is 360 g/mol. The Balaban J connectivity index is 1.71. The van der Waals surface area contributed by atoms with Crippen LogP contribution in [0.3, 0.4) is 0 Å². The number of morpholine rings is 1. The minimum atomic E-state index is -0.103. The summed E-state index contributed by atoms with van der Waals surface area (Å²) in [6.07, 6.45) is 1.79. The van der Waals surface area contributed by atoms with Crippen LogP contribution in [-0.2, 0) is 4.74 Å². The molecular weight excluding hydrogens is 336 g/mol. The van der Waals surface area contributed by atoms with Gasteiger partial charge in [-0.1, -0.05) is 0 Å². The van der Waals surface area contributed by atoms with Crippen LogP contribution in [0.5, 0.6) is 0 Å². The molecule has 1 aliphatic rings. The highest BCUT2D eigenvalue weighted by Crippen LogP contribution is 2.29. The maximum atomic E-state index is 12.7. The first kappa shape index (κ1) is 17.8. The molecule has 0 radical (unpaired) electrons. The van der Waals surface area contributed by atoms with E-state index in [1.165, 1.54) is 4.88 Å². The van der Waals surface area contributed by atoms with Crippen molar-refractivity contribution in [3.05, 3.63) is 34.7 Å². The van der Waals surface area contributed by atoms with Gasteiger partial charge in [0.2, 0.25) is 0 Å². The van der Waals surface area contributed by atoms with E-state index in [1.54, 1.807) is 17.5 Å². The fourth-order valence-electron chi connectivity index (χ4n) is 2.92. The Labute approximate surface area is 152 Å². The molecule has 3 rings (SSSR count). The van der Waals surface area contributed by atoms with E-state index in [9.17, 15) is 4.79 Å². The molecule has 134 valence electrons. The minimum Gasteiger partial charge on any atom is -0.373 e. The first-order chi connectivity index (χ1) is 12.0. The number of carbonyl (C=O) groups excluding carboxylic acids is 1. The number of aromatic nitrogens is 1. The average Bonchev–Trinajstić information content (AvgIpc) is 3.01. The van der Waals surface area contributed by atoms with E-state index in [2.05, 4.69) is 33.6 Å². The highest BCUT2D eigenvalue weighted by molar-refractivity contribution is 7.10. The molecule has 0 saturated carbocycles. The predicted molar refractivity (Wildman–Crippen MR) is 101 cm³/mol. The van der Waals surface area contributed by atoms with Crippen molar-refractivity contribution < 1.29 is 9.53 Å². The topological polar surface area (TPSA) is 57.7 Å². The van der Waals surface area contributed by atoms with Gasteiger partial charge >= 0.3 is 6.03 Å². The van der Waals surface area contributed by atoms with Crippen molar-refractivity contribution in [3.63, 3.8) is 0 Å². The standard InChI is InChI=1S/C18H24N4O2S/c1-13-9-14(12-25-13)17-16(5-4-6-19-17)20-18(23)22-7-8-24-15(11-22)10-21(2)3/h4-6,9,12,15H,7-8,10-11H2,1-3H3,(H,20,23). The van der Waals surface area contributed by atoms with E-state index in [4.69, 9.17) is 4.74 Å². The number of anilines is 1. The summed E-state index contributed by atoms with van der Waals surface area (Å²) in [5, 5.41) is 5.09. The Kier molecular flexibility index (Phi) is 5.67. The summed E-state index contributed by atoms with van der Waals surface area (Å²) in [5.41, 5.74) is 2.57. The molecular formula is C18H24N4O2S. The molecule has 2 aromatic heterocycles. The van der Waals surface area contributed by atoms with E-state index in [0.717, 1.165) is 23.5 Å². The quantitative estimate of drug-likeness (QED) is 0.911. The predicted octanol–water partition coefficient (Wildman–Crippen LogP) is 2.91. The zero-order chi connectivity index (χ0) is 17.8. The first-order valence-corrected chi connectivity index (χ1v) is 9.23. The van der Waals surface area contributed by atoms with Crippen molar-refractivity contribution in [1.82, 2.24) is 14.8 Å². The minimum absolute atomic E-state index is 0.0439. The molecule has 1 atom stereocenters. The van der Waals surface area contributed by atoms with Crippen molar-refractivity contribution in [2.24, 2.45) is 0 Å². The highest BCUT2D eigenvalue weighted by atomic mass is 32.1. The lowest BCUT2D eigenvalue weighted by molar-refractivity contribution is -0.0228. The second-order valence-corrected chi connectivity index (χ2v) is 7.59. The van der Waals surface area contributed by atoms with Gasteiger partial charge in [0, 0.05) is 41.7 Å². The molecule has 1 N–H and O–H groups in total. The van der Waals surface area contributed by atoms with Gasteiger partial charge < -0.3 is 19.9 Å². The van der Waals surface area contributed by atoms with Gasteiger partial charge in [-0.05, 0) is 39.2 Å². The normalized spacial score (nSPS) is 17.8. The van der Waals surface area contributed by atoms with Crippen LogP contribution < -0.4 is 5.32 Å². The van der Waals surface area contributed by atoms with Crippen molar-refractivity contribution in [2.45, 2.75) is 13.0 Å². The highest BCUT2D eigenvalue weighted by Gasteiger charge is 2.25. The molecule has 0 bridgehead atoms. The molecule has 25 heavy (non-hydrogen) atoms. The lowest BCUT2D eigenvalue weighted by Crippen LogP contribution is -2.50. The number of pyridine rings is 1. The third-order valence-corrected chi connectivity index (χ3v) is 4.91. The summed E-state index contributed by atoms with van der Waals surface area (Å²) in [6, 6.07) is 5.72. The Morgan fingerprint density at radius 1 is 1.52 bits per heavy atom. The summed E-state index contributed by atoms with van der Waals surface area (Å²) in [5.74, 6) is 0. The zero-order valence-corrected chi connectivity index (χ0v) is 15.7. The van der Waals surface area contributed by atoms with Crippen LogP contribution >= 0.6 is 11.3 Å². The number of nitrogens with one attached hydrogen (secondary N) is 1. The zero-order valence-electron chi connectivity index (χ0n) is 14.9. The number of ether oxygens (including phenoxy) is 1. The van der Waals surface area contributed by atoms with E-state index >= 15 is 0 Å². The molecule has 3 heterocycles. The first-order valence-electron chi connectivity index (χ1n) is 8.35. The fraction of sp³-hybridized carbons (Fsp3) is 0.444. The molecule has 1 unspecified atom stereocenters. The number of carbonyl (C=O) groups is 1. The molecule has 0 aliphatic carbocycles. The molecule has 0 aromatic carbocycles. The molecule has 6 nitrogen and oxygen atoms in total. The van der Waals surface area contributed by atoms with Crippen LogP contribution in [0.2, 0.25) is 0 Å². The molecule has 2 amide bonds. The summed E-state index contributed by atoms with van der Waals surface area (Å²) in [6.45, 7) is 4.62. The van der Waals surface area contributed by atoms with Crippen LogP contribution in [0, 0.1) is 6.92 Å². The summed E-state index contributed by atoms with van der Waals surface area (Å²) < 4.78 is 5.74. The largest absolute Gasteiger partial charge is 0.373 e. The number of urea groups is 1. The molecule has 1 saturated heterocycles. The summed E-state index contributed by atoms with van der Waals surface area (Å²) in [4.78, 5) is 22.3. The monoisotopic (exact) mass is 360 g/mol. The lowest BCUT2D eigenvalue weighted by atomic mass is 10.2. The molecule has 1 aliphatic heterocycles. The van der Waals surface area contributed by atoms with Crippen molar-refractivity contribution in [1.29, 1.82) is 0 Å². The van der Waals surface area contributed by atoms with Crippen molar-refractivity contribution in [2.75, 3.05) is 45.7 Å². The number of likely N-dealkylation sites (N-methyl/N-ethyl adjacent to an activating group) is 1. The number of aryl methyl sites for hydroxylation is 1. The van der Waals surface area contributed by atoms with Crippen LogP contribution in [-0.4, -0.2) is 67.3 Å².